The van der Waals surface area contributed by atoms with E-state index >= 15 is 0 Å². The fourth-order valence-corrected chi connectivity index (χ4v) is 9.85. The van der Waals surface area contributed by atoms with E-state index in [9.17, 15) is 14.4 Å². The van der Waals surface area contributed by atoms with Crippen molar-refractivity contribution < 1.29 is 28.6 Å². The summed E-state index contributed by atoms with van der Waals surface area (Å²) in [6.07, 6.45) is 59.6. The van der Waals surface area contributed by atoms with Gasteiger partial charge in [0.2, 0.25) is 0 Å². The van der Waals surface area contributed by atoms with Gasteiger partial charge >= 0.3 is 17.9 Å². The van der Waals surface area contributed by atoms with Crippen LogP contribution < -0.4 is 0 Å². The molecule has 0 saturated heterocycles. The van der Waals surface area contributed by atoms with E-state index in [4.69, 9.17) is 14.2 Å². The van der Waals surface area contributed by atoms with Gasteiger partial charge in [0.25, 0.3) is 0 Å². The van der Waals surface area contributed by atoms with Crippen LogP contribution in [0.1, 0.15) is 356 Å². The average molecular weight is 990 g/mol. The summed E-state index contributed by atoms with van der Waals surface area (Å²) in [4.78, 5) is 38.3. The number of ether oxygens (including phenoxy) is 3. The van der Waals surface area contributed by atoms with E-state index in [1.54, 1.807) is 0 Å². The average Bonchev–Trinajstić information content (AvgIpc) is 3.33. The Bertz CT molecular complexity index is 1090. The van der Waals surface area contributed by atoms with Gasteiger partial charge in [-0.25, -0.2) is 0 Å². The Balaban J connectivity index is 4.25. The quantitative estimate of drug-likeness (QED) is 0.0343. The fourth-order valence-electron chi connectivity index (χ4n) is 9.85. The maximum absolute atomic E-state index is 12.9. The molecule has 6 heteroatoms. The van der Waals surface area contributed by atoms with Crippen molar-refractivity contribution in [1.82, 2.24) is 0 Å². The van der Waals surface area contributed by atoms with E-state index < -0.39 is 6.10 Å². The number of carbonyl (C=O) groups is 3. The zero-order valence-corrected chi connectivity index (χ0v) is 48.3. The molecule has 0 spiro atoms. The Kier molecular flexibility index (Phi) is 53.9. The first-order chi connectivity index (χ1) is 34.1. The van der Waals surface area contributed by atoms with Crippen LogP contribution in [0.25, 0.3) is 0 Å². The van der Waals surface area contributed by atoms with Crippen molar-refractivity contribution in [3.8, 4) is 0 Å². The minimum Gasteiger partial charge on any atom is -0.462 e. The minimum atomic E-state index is -0.764. The standard InChI is InChI=1S/C64H124O6/c1-7-60(6)52-46-40-34-30-31-36-42-48-54-63(66)69-57-61(56-68-62(65)53-47-41-35-28-24-20-16-13-12-15-19-23-27-33-39-45-51-59(4)5)70-64(67)55-49-43-37-29-25-21-17-11-9-8-10-14-18-22-26-32-38-44-50-58(2)3/h58-61H,7-57H2,1-6H3/t60?,61-/m0/s1. The summed E-state index contributed by atoms with van der Waals surface area (Å²) < 4.78 is 16.9. The van der Waals surface area contributed by atoms with Crippen LogP contribution in [0.5, 0.6) is 0 Å². The van der Waals surface area contributed by atoms with Gasteiger partial charge in [0, 0.05) is 19.3 Å². The largest absolute Gasteiger partial charge is 0.462 e. The van der Waals surface area contributed by atoms with Gasteiger partial charge in [-0.2, -0.15) is 0 Å². The second-order valence-corrected chi connectivity index (χ2v) is 23.2. The van der Waals surface area contributed by atoms with Crippen molar-refractivity contribution in [3.05, 3.63) is 0 Å². The van der Waals surface area contributed by atoms with Gasteiger partial charge in [-0.1, -0.05) is 318 Å². The lowest BCUT2D eigenvalue weighted by Gasteiger charge is -2.18. The number of esters is 3. The molecular weight excluding hydrogens is 865 g/mol. The first-order valence-electron chi connectivity index (χ1n) is 31.6. The van der Waals surface area contributed by atoms with Gasteiger partial charge < -0.3 is 14.2 Å². The molecule has 0 aromatic heterocycles. The van der Waals surface area contributed by atoms with Crippen LogP contribution in [-0.4, -0.2) is 37.2 Å². The summed E-state index contributed by atoms with van der Waals surface area (Å²) in [6.45, 7) is 13.8. The Hall–Kier alpha value is -1.59. The molecule has 0 radical (unpaired) electrons. The summed E-state index contributed by atoms with van der Waals surface area (Å²) in [7, 11) is 0. The Morgan fingerprint density at radius 3 is 0.743 bits per heavy atom. The van der Waals surface area contributed by atoms with Gasteiger partial charge in [0.15, 0.2) is 6.10 Å². The highest BCUT2D eigenvalue weighted by Crippen LogP contribution is 2.19. The first kappa shape index (κ1) is 68.4. The lowest BCUT2D eigenvalue weighted by atomic mass is 9.99. The van der Waals surface area contributed by atoms with Crippen molar-refractivity contribution in [2.24, 2.45) is 17.8 Å². The highest BCUT2D eigenvalue weighted by atomic mass is 16.6. The molecule has 0 rings (SSSR count). The SMILES string of the molecule is CCC(C)CCCCCCCCCCC(=O)OC[C@H](COC(=O)CCCCCCCCCCCCCCCCCCC(C)C)OC(=O)CCCCCCCCCCCCCCCCCCCCC(C)C. The van der Waals surface area contributed by atoms with Crippen LogP contribution in [0.4, 0.5) is 0 Å². The maximum atomic E-state index is 12.9. The second-order valence-electron chi connectivity index (χ2n) is 23.2. The first-order valence-corrected chi connectivity index (χ1v) is 31.6. The van der Waals surface area contributed by atoms with Gasteiger partial charge in [-0.3, -0.25) is 14.4 Å². The van der Waals surface area contributed by atoms with Gasteiger partial charge in [0.1, 0.15) is 13.2 Å². The van der Waals surface area contributed by atoms with Crippen LogP contribution in [0.15, 0.2) is 0 Å². The molecule has 0 heterocycles. The smallest absolute Gasteiger partial charge is 0.306 e. The molecule has 0 aromatic rings. The highest BCUT2D eigenvalue weighted by molar-refractivity contribution is 5.71. The summed E-state index contributed by atoms with van der Waals surface area (Å²) in [6, 6.07) is 0. The lowest BCUT2D eigenvalue weighted by Crippen LogP contribution is -2.30. The number of carbonyl (C=O) groups excluding carboxylic acids is 3. The van der Waals surface area contributed by atoms with Crippen LogP contribution in [0.2, 0.25) is 0 Å². The van der Waals surface area contributed by atoms with E-state index in [2.05, 4.69) is 41.5 Å². The van der Waals surface area contributed by atoms with Crippen LogP contribution in [0, 0.1) is 17.8 Å². The molecule has 0 aromatic carbocycles. The van der Waals surface area contributed by atoms with Crippen LogP contribution >= 0.6 is 0 Å². The predicted molar refractivity (Wildman–Crippen MR) is 303 cm³/mol. The summed E-state index contributed by atoms with van der Waals surface area (Å²) >= 11 is 0. The van der Waals surface area contributed by atoms with E-state index in [-0.39, 0.29) is 31.1 Å². The molecule has 0 aliphatic heterocycles. The predicted octanol–water partition coefficient (Wildman–Crippen LogP) is 21.1. The van der Waals surface area contributed by atoms with Crippen molar-refractivity contribution in [2.75, 3.05) is 13.2 Å². The molecule has 0 bridgehead atoms. The summed E-state index contributed by atoms with van der Waals surface area (Å²) in [5.74, 6) is 1.72. The fraction of sp³-hybridized carbons (Fsp3) is 0.953. The van der Waals surface area contributed by atoms with E-state index in [0.717, 1.165) is 75.5 Å². The minimum absolute atomic E-state index is 0.0631. The van der Waals surface area contributed by atoms with Gasteiger partial charge in [-0.05, 0) is 37.0 Å². The molecule has 416 valence electrons. The maximum Gasteiger partial charge on any atom is 0.306 e. The van der Waals surface area contributed by atoms with Crippen molar-refractivity contribution in [2.45, 2.75) is 362 Å². The zero-order valence-electron chi connectivity index (χ0n) is 48.3. The number of unbranched alkanes of at least 4 members (excludes halogenated alkanes) is 39. The number of rotatable bonds is 57. The third-order valence-electron chi connectivity index (χ3n) is 15.0. The van der Waals surface area contributed by atoms with Crippen LogP contribution in [-0.2, 0) is 28.6 Å². The van der Waals surface area contributed by atoms with E-state index in [1.807, 2.05) is 0 Å². The van der Waals surface area contributed by atoms with Gasteiger partial charge in [0.05, 0.1) is 0 Å². The summed E-state index contributed by atoms with van der Waals surface area (Å²) in [5.41, 5.74) is 0. The lowest BCUT2D eigenvalue weighted by molar-refractivity contribution is -0.167. The number of hydrogen-bond donors (Lipinski definition) is 0. The highest BCUT2D eigenvalue weighted by Gasteiger charge is 2.19. The molecular formula is C64H124O6. The number of hydrogen-bond acceptors (Lipinski definition) is 6. The molecule has 0 amide bonds. The monoisotopic (exact) mass is 989 g/mol. The molecule has 70 heavy (non-hydrogen) atoms. The molecule has 6 nitrogen and oxygen atoms in total. The van der Waals surface area contributed by atoms with Crippen LogP contribution in [0.3, 0.4) is 0 Å². The Labute approximate surface area is 438 Å². The molecule has 1 unspecified atom stereocenters. The third-order valence-corrected chi connectivity index (χ3v) is 15.0. The Morgan fingerprint density at radius 2 is 0.500 bits per heavy atom. The van der Waals surface area contributed by atoms with E-state index in [0.29, 0.717) is 19.3 Å². The molecule has 0 fully saturated rings. The van der Waals surface area contributed by atoms with Crippen molar-refractivity contribution in [3.63, 3.8) is 0 Å². The molecule has 0 N–H and O–H groups in total. The van der Waals surface area contributed by atoms with Crippen molar-refractivity contribution >= 4 is 17.9 Å². The van der Waals surface area contributed by atoms with E-state index in [1.165, 1.54) is 238 Å². The summed E-state index contributed by atoms with van der Waals surface area (Å²) in [5, 5.41) is 0. The third kappa shape index (κ3) is 55.7. The molecule has 0 aliphatic carbocycles. The van der Waals surface area contributed by atoms with Crippen molar-refractivity contribution in [1.29, 1.82) is 0 Å². The Morgan fingerprint density at radius 1 is 0.286 bits per heavy atom. The normalized spacial score (nSPS) is 12.5. The van der Waals surface area contributed by atoms with Gasteiger partial charge in [-0.15, -0.1) is 0 Å². The zero-order chi connectivity index (χ0) is 51.2. The topological polar surface area (TPSA) is 78.9 Å². The molecule has 0 aliphatic rings. The molecule has 0 saturated carbocycles. The second kappa shape index (κ2) is 55.2. The molecule has 2 atom stereocenters.